The Hall–Kier alpha value is -3.02. The maximum Gasteiger partial charge on any atom is 0.451 e. The Labute approximate surface area is 188 Å². The van der Waals surface area contributed by atoms with Crippen LogP contribution in [0.4, 0.5) is 30.8 Å². The largest absolute Gasteiger partial charge is 0.451 e. The highest BCUT2D eigenvalue weighted by molar-refractivity contribution is 6.00. The lowest BCUT2D eigenvalue weighted by Gasteiger charge is -2.48. The van der Waals surface area contributed by atoms with Gasteiger partial charge in [-0.1, -0.05) is 0 Å². The predicted octanol–water partition coefficient (Wildman–Crippen LogP) is 2.51. The second-order valence-electron chi connectivity index (χ2n) is 9.15. The second-order valence-corrected chi connectivity index (χ2v) is 9.15. The average Bonchev–Trinajstić information content (AvgIpc) is 3.14. The molecule has 0 atom stereocenters. The molecule has 33 heavy (non-hydrogen) atoms. The maximum atomic E-state index is 13.1. The van der Waals surface area contributed by atoms with E-state index >= 15 is 0 Å². The fourth-order valence-electron chi connectivity index (χ4n) is 4.55. The van der Waals surface area contributed by atoms with Crippen molar-refractivity contribution >= 4 is 23.3 Å². The molecule has 3 fully saturated rings. The number of alkyl halides is 3. The third-order valence-electron chi connectivity index (χ3n) is 6.35. The van der Waals surface area contributed by atoms with Gasteiger partial charge < -0.3 is 25.3 Å². The first kappa shape index (κ1) is 21.8. The van der Waals surface area contributed by atoms with Gasteiger partial charge in [-0.05, 0) is 20.3 Å². The summed E-state index contributed by atoms with van der Waals surface area (Å²) in [6.45, 7) is 7.19. The van der Waals surface area contributed by atoms with Crippen LogP contribution in [0.1, 0.15) is 30.4 Å². The Morgan fingerprint density at radius 2 is 1.91 bits per heavy atom. The van der Waals surface area contributed by atoms with Crippen LogP contribution in [-0.4, -0.2) is 71.1 Å². The van der Waals surface area contributed by atoms with Crippen molar-refractivity contribution in [2.45, 2.75) is 32.5 Å². The van der Waals surface area contributed by atoms with E-state index in [0.717, 1.165) is 13.0 Å². The summed E-state index contributed by atoms with van der Waals surface area (Å²) in [5.41, 5.74) is 1.31. The first-order chi connectivity index (χ1) is 15.6. The zero-order chi connectivity index (χ0) is 23.4. The molecule has 0 aliphatic carbocycles. The van der Waals surface area contributed by atoms with Gasteiger partial charge in [-0.25, -0.2) is 15.0 Å². The lowest BCUT2D eigenvalue weighted by atomic mass is 9.79. The number of hydrogen-bond donors (Lipinski definition) is 2. The third-order valence-corrected chi connectivity index (χ3v) is 6.35. The van der Waals surface area contributed by atoms with Crippen LogP contribution in [0.5, 0.6) is 0 Å². The zero-order valence-corrected chi connectivity index (χ0v) is 18.4. The van der Waals surface area contributed by atoms with Gasteiger partial charge in [0.1, 0.15) is 11.6 Å². The normalized spacial score (nSPS) is 20.0. The summed E-state index contributed by atoms with van der Waals surface area (Å²) in [4.78, 5) is 20.4. The van der Waals surface area contributed by atoms with E-state index < -0.39 is 12.0 Å². The van der Waals surface area contributed by atoms with E-state index in [1.807, 2.05) is 4.90 Å². The van der Waals surface area contributed by atoms with Gasteiger partial charge in [0, 0.05) is 55.3 Å². The predicted molar refractivity (Wildman–Crippen MR) is 116 cm³/mol. The van der Waals surface area contributed by atoms with E-state index in [1.54, 1.807) is 26.1 Å². The smallest absolute Gasteiger partial charge is 0.377 e. The van der Waals surface area contributed by atoms with Gasteiger partial charge in [0.15, 0.2) is 0 Å². The Bertz CT molecular complexity index is 1080. The number of halogens is 3. The standard InChI is InChI=1S/C21H25F3N8O/c1-12-5-16(29-18(27-12)21(22,23)24)32-10-20(11-32)3-4-31(9-20)19-26-6-15(13(2)25)17(30-19)28-14-7-33-8-14/h5-6,14,25H,3-4,7-11H2,1-2H3,(H,26,28,30). The molecule has 12 heteroatoms. The Kier molecular flexibility index (Phi) is 5.15. The molecule has 0 saturated carbocycles. The van der Waals surface area contributed by atoms with Crippen LogP contribution in [0.15, 0.2) is 12.3 Å². The Morgan fingerprint density at radius 1 is 1.18 bits per heavy atom. The molecule has 3 saturated heterocycles. The van der Waals surface area contributed by atoms with E-state index in [0.29, 0.717) is 67.4 Å². The van der Waals surface area contributed by atoms with Crippen LogP contribution < -0.4 is 15.1 Å². The van der Waals surface area contributed by atoms with Crippen LogP contribution in [0.2, 0.25) is 0 Å². The lowest BCUT2D eigenvalue weighted by molar-refractivity contribution is -0.145. The highest BCUT2D eigenvalue weighted by atomic mass is 19.4. The van der Waals surface area contributed by atoms with Crippen molar-refractivity contribution in [1.82, 2.24) is 19.9 Å². The van der Waals surface area contributed by atoms with Crippen LogP contribution in [0.25, 0.3) is 0 Å². The fraction of sp³-hybridized carbons (Fsp3) is 0.571. The molecule has 5 rings (SSSR count). The monoisotopic (exact) mass is 462 g/mol. The Balaban J connectivity index is 1.29. The summed E-state index contributed by atoms with van der Waals surface area (Å²) < 4.78 is 44.5. The third kappa shape index (κ3) is 4.19. The van der Waals surface area contributed by atoms with E-state index in [2.05, 4.69) is 25.2 Å². The summed E-state index contributed by atoms with van der Waals surface area (Å²) in [5.74, 6) is 0.442. The van der Waals surface area contributed by atoms with Gasteiger partial charge in [0.05, 0.1) is 24.8 Å². The molecule has 0 aromatic carbocycles. The summed E-state index contributed by atoms with van der Waals surface area (Å²) >= 11 is 0. The maximum absolute atomic E-state index is 13.1. The first-order valence-electron chi connectivity index (χ1n) is 10.8. The summed E-state index contributed by atoms with van der Waals surface area (Å²) in [7, 11) is 0. The molecule has 2 aromatic rings. The van der Waals surface area contributed by atoms with Crippen LogP contribution in [-0.2, 0) is 10.9 Å². The fourth-order valence-corrected chi connectivity index (χ4v) is 4.55. The molecule has 3 aliphatic rings. The van der Waals surface area contributed by atoms with Crippen LogP contribution in [0.3, 0.4) is 0 Å². The second kappa shape index (κ2) is 7.79. The molecule has 0 amide bonds. The summed E-state index contributed by atoms with van der Waals surface area (Å²) in [6.07, 6.45) is -2.00. The number of aryl methyl sites for hydroxylation is 1. The minimum atomic E-state index is -4.57. The van der Waals surface area contributed by atoms with Gasteiger partial charge in [-0.3, -0.25) is 0 Å². The summed E-state index contributed by atoms with van der Waals surface area (Å²) in [6, 6.07) is 1.77. The average molecular weight is 462 g/mol. The van der Waals surface area contributed by atoms with Crippen molar-refractivity contribution in [3.8, 4) is 0 Å². The quantitative estimate of drug-likeness (QED) is 0.654. The van der Waals surface area contributed by atoms with Crippen molar-refractivity contribution in [2.24, 2.45) is 5.41 Å². The Morgan fingerprint density at radius 3 is 2.55 bits per heavy atom. The molecule has 5 heterocycles. The van der Waals surface area contributed by atoms with Gasteiger partial charge in [-0.15, -0.1) is 0 Å². The first-order valence-corrected chi connectivity index (χ1v) is 10.8. The molecule has 2 N–H and O–H groups in total. The lowest BCUT2D eigenvalue weighted by Crippen LogP contribution is -2.58. The minimum absolute atomic E-state index is 0.0356. The number of nitrogens with one attached hydrogen (secondary N) is 2. The van der Waals surface area contributed by atoms with Crippen molar-refractivity contribution in [1.29, 1.82) is 5.41 Å². The molecule has 9 nitrogen and oxygen atoms in total. The molecular formula is C21H25F3N8O. The minimum Gasteiger partial charge on any atom is -0.377 e. The molecule has 0 unspecified atom stereocenters. The van der Waals surface area contributed by atoms with Crippen molar-refractivity contribution in [2.75, 3.05) is 54.5 Å². The van der Waals surface area contributed by atoms with Gasteiger partial charge >= 0.3 is 6.18 Å². The SMILES string of the molecule is CC(=N)c1cnc(N2CCC3(CN(c4cc(C)nc(C(F)(F)F)n4)C3)C2)nc1NC1COC1. The number of nitrogens with zero attached hydrogens (tertiary/aromatic N) is 6. The number of hydrogen-bond acceptors (Lipinski definition) is 9. The number of aromatic nitrogens is 4. The summed E-state index contributed by atoms with van der Waals surface area (Å²) in [5, 5.41) is 11.3. The number of ether oxygens (including phenoxy) is 1. The molecular weight excluding hydrogens is 437 g/mol. The van der Waals surface area contributed by atoms with Crippen molar-refractivity contribution in [3.63, 3.8) is 0 Å². The number of rotatable bonds is 5. The van der Waals surface area contributed by atoms with Gasteiger partial charge in [0.2, 0.25) is 11.8 Å². The van der Waals surface area contributed by atoms with Crippen molar-refractivity contribution < 1.29 is 17.9 Å². The molecule has 1 spiro atoms. The molecule has 0 bridgehead atoms. The van der Waals surface area contributed by atoms with E-state index in [9.17, 15) is 13.2 Å². The van der Waals surface area contributed by atoms with Crippen molar-refractivity contribution in [3.05, 3.63) is 29.3 Å². The molecule has 3 aliphatic heterocycles. The van der Waals surface area contributed by atoms with E-state index in [-0.39, 0.29) is 11.5 Å². The number of anilines is 3. The zero-order valence-electron chi connectivity index (χ0n) is 18.4. The highest BCUT2D eigenvalue weighted by Crippen LogP contribution is 2.42. The van der Waals surface area contributed by atoms with Crippen LogP contribution >= 0.6 is 0 Å². The van der Waals surface area contributed by atoms with E-state index in [1.165, 1.54) is 0 Å². The van der Waals surface area contributed by atoms with Gasteiger partial charge in [-0.2, -0.15) is 18.2 Å². The van der Waals surface area contributed by atoms with Crippen LogP contribution in [0, 0.1) is 17.7 Å². The van der Waals surface area contributed by atoms with Gasteiger partial charge in [0.25, 0.3) is 0 Å². The van der Waals surface area contributed by atoms with E-state index in [4.69, 9.17) is 15.1 Å². The molecule has 176 valence electrons. The highest BCUT2D eigenvalue weighted by Gasteiger charge is 2.49. The topological polar surface area (TPSA) is 103 Å². The molecule has 0 radical (unpaired) electrons. The molecule has 2 aromatic heterocycles.